The zero-order valence-corrected chi connectivity index (χ0v) is 13.2. The van der Waals surface area contributed by atoms with Gasteiger partial charge in [0.2, 0.25) is 0 Å². The number of benzene rings is 2. The zero-order chi connectivity index (χ0) is 15.2. The Labute approximate surface area is 130 Å². The molecule has 2 rings (SSSR count). The minimum atomic E-state index is 0.682. The van der Waals surface area contributed by atoms with E-state index in [1.807, 2.05) is 49.5 Å². The second-order valence-corrected chi connectivity index (χ2v) is 6.06. The van der Waals surface area contributed by atoms with Crippen molar-refractivity contribution >= 4 is 23.1 Å². The first-order valence-electron chi connectivity index (χ1n) is 6.87. The Hall–Kier alpha value is -2.12. The summed E-state index contributed by atoms with van der Waals surface area (Å²) in [5.74, 6) is 0.952. The number of nitrogens with two attached hydrogens (primary N) is 1. The van der Waals surface area contributed by atoms with Crippen LogP contribution in [0.2, 0.25) is 0 Å². The first kappa shape index (κ1) is 15.3. The van der Waals surface area contributed by atoms with Crippen LogP contribution in [-0.2, 0) is 6.54 Å². The molecule has 0 fully saturated rings. The number of nitriles is 1. The Morgan fingerprint density at radius 3 is 2.62 bits per heavy atom. The van der Waals surface area contributed by atoms with Crippen molar-refractivity contribution in [3.05, 3.63) is 53.6 Å². The molecule has 0 heterocycles. The number of thioether (sulfide) groups is 1. The Balaban J connectivity index is 2.31. The van der Waals surface area contributed by atoms with E-state index in [1.165, 1.54) is 0 Å². The number of para-hydroxylation sites is 1. The van der Waals surface area contributed by atoms with Gasteiger partial charge in [-0.25, -0.2) is 0 Å². The highest BCUT2D eigenvalue weighted by molar-refractivity contribution is 7.99. The molecule has 0 amide bonds. The van der Waals surface area contributed by atoms with Crippen molar-refractivity contribution in [3.63, 3.8) is 0 Å². The van der Waals surface area contributed by atoms with E-state index in [0.29, 0.717) is 6.54 Å². The van der Waals surface area contributed by atoms with Gasteiger partial charge in [-0.15, -0.1) is 11.8 Å². The highest BCUT2D eigenvalue weighted by Crippen LogP contribution is 2.30. The Morgan fingerprint density at radius 2 is 1.95 bits per heavy atom. The van der Waals surface area contributed by atoms with Crippen LogP contribution in [0.25, 0.3) is 0 Å². The van der Waals surface area contributed by atoms with Crippen LogP contribution in [0.15, 0.2) is 47.4 Å². The van der Waals surface area contributed by atoms with Gasteiger partial charge < -0.3 is 10.6 Å². The van der Waals surface area contributed by atoms with Crippen LogP contribution in [0.4, 0.5) is 11.4 Å². The summed E-state index contributed by atoms with van der Waals surface area (Å²) in [4.78, 5) is 3.11. The van der Waals surface area contributed by atoms with Gasteiger partial charge in [-0.1, -0.05) is 31.2 Å². The van der Waals surface area contributed by atoms with Crippen LogP contribution < -0.4 is 10.6 Å². The molecule has 4 heteroatoms. The van der Waals surface area contributed by atoms with Gasteiger partial charge in [0.05, 0.1) is 11.3 Å². The number of rotatable bonds is 5. The number of nitrogens with zero attached hydrogens (tertiary/aromatic N) is 2. The minimum absolute atomic E-state index is 0.682. The molecule has 108 valence electrons. The molecule has 2 N–H and O–H groups in total. The molecular weight excluding hydrogens is 278 g/mol. The lowest BCUT2D eigenvalue weighted by Gasteiger charge is -2.22. The molecular formula is C17H19N3S. The molecule has 0 saturated heterocycles. The molecule has 2 aromatic rings. The highest BCUT2D eigenvalue weighted by atomic mass is 32.2. The maximum Gasteiger partial charge on any atom is 0.103 e. The molecule has 0 aliphatic carbocycles. The van der Waals surface area contributed by atoms with E-state index < -0.39 is 0 Å². The van der Waals surface area contributed by atoms with Gasteiger partial charge in [-0.2, -0.15) is 5.26 Å². The molecule has 0 aromatic heterocycles. The average Bonchev–Trinajstić information content (AvgIpc) is 2.49. The lowest BCUT2D eigenvalue weighted by Crippen LogP contribution is -2.18. The van der Waals surface area contributed by atoms with Crippen LogP contribution >= 0.6 is 11.8 Å². The summed E-state index contributed by atoms with van der Waals surface area (Å²) in [6, 6.07) is 16.1. The van der Waals surface area contributed by atoms with E-state index in [9.17, 15) is 5.26 Å². The fraction of sp³-hybridized carbons (Fsp3) is 0.235. The molecule has 0 saturated carbocycles. The topological polar surface area (TPSA) is 53.0 Å². The number of hydrogen-bond donors (Lipinski definition) is 1. The van der Waals surface area contributed by atoms with Crippen LogP contribution in [0.3, 0.4) is 0 Å². The summed E-state index contributed by atoms with van der Waals surface area (Å²) < 4.78 is 0. The smallest absolute Gasteiger partial charge is 0.103 e. The fourth-order valence-corrected chi connectivity index (χ4v) is 3.03. The summed E-state index contributed by atoms with van der Waals surface area (Å²) in [7, 11) is 1.99. The Kier molecular flexibility index (Phi) is 5.13. The van der Waals surface area contributed by atoms with E-state index in [1.54, 1.807) is 11.8 Å². The van der Waals surface area contributed by atoms with E-state index in [4.69, 9.17) is 5.73 Å². The predicted octanol–water partition coefficient (Wildman–Crippen LogP) is 3.89. The third-order valence-electron chi connectivity index (χ3n) is 3.29. The monoisotopic (exact) mass is 297 g/mol. The van der Waals surface area contributed by atoms with Crippen molar-refractivity contribution in [2.24, 2.45) is 0 Å². The predicted molar refractivity (Wildman–Crippen MR) is 90.5 cm³/mol. The maximum atomic E-state index is 9.48. The Bertz CT molecular complexity index is 661. The second-order valence-electron chi connectivity index (χ2n) is 4.75. The minimum Gasteiger partial charge on any atom is -0.398 e. The second kappa shape index (κ2) is 7.05. The summed E-state index contributed by atoms with van der Waals surface area (Å²) in [5, 5.41) is 9.48. The molecule has 0 aliphatic rings. The third kappa shape index (κ3) is 3.50. The molecule has 0 atom stereocenters. The first-order valence-corrected chi connectivity index (χ1v) is 7.86. The number of nitrogen functional groups attached to an aromatic ring is 1. The molecule has 0 aliphatic heterocycles. The quantitative estimate of drug-likeness (QED) is 0.672. The van der Waals surface area contributed by atoms with E-state index in [0.717, 1.165) is 33.2 Å². The van der Waals surface area contributed by atoms with Gasteiger partial charge in [-0.05, 0) is 29.5 Å². The van der Waals surface area contributed by atoms with Crippen LogP contribution in [0.1, 0.15) is 18.1 Å². The van der Waals surface area contributed by atoms with E-state index in [2.05, 4.69) is 17.9 Å². The molecule has 0 radical (unpaired) electrons. The summed E-state index contributed by atoms with van der Waals surface area (Å²) in [6.07, 6.45) is 0. The van der Waals surface area contributed by atoms with Crippen molar-refractivity contribution in [2.45, 2.75) is 18.4 Å². The first-order chi connectivity index (χ1) is 10.2. The van der Waals surface area contributed by atoms with Crippen LogP contribution in [0.5, 0.6) is 0 Å². The molecule has 3 nitrogen and oxygen atoms in total. The lowest BCUT2D eigenvalue weighted by molar-refractivity contribution is 0.920. The van der Waals surface area contributed by atoms with Crippen LogP contribution in [0, 0.1) is 11.3 Å². The summed E-state index contributed by atoms with van der Waals surface area (Å²) in [6.45, 7) is 2.77. The molecule has 0 unspecified atom stereocenters. The molecule has 0 bridgehead atoms. The standard InChI is InChI=1S/C17H19N3S/c1-3-21-17-10-6-9-16(14(17)11-18)20(2)12-13-7-4-5-8-15(13)19/h4-10H,3,12,19H2,1-2H3. The normalized spacial score (nSPS) is 10.1. The van der Waals surface area contributed by atoms with Crippen LogP contribution in [-0.4, -0.2) is 12.8 Å². The lowest BCUT2D eigenvalue weighted by atomic mass is 10.1. The highest BCUT2D eigenvalue weighted by Gasteiger charge is 2.12. The Morgan fingerprint density at radius 1 is 1.19 bits per heavy atom. The van der Waals surface area contributed by atoms with Gasteiger partial charge in [0.25, 0.3) is 0 Å². The molecule has 0 spiro atoms. The van der Waals surface area contributed by atoms with Crippen molar-refractivity contribution in [1.82, 2.24) is 0 Å². The average molecular weight is 297 g/mol. The van der Waals surface area contributed by atoms with Crippen molar-refractivity contribution in [3.8, 4) is 6.07 Å². The summed E-state index contributed by atoms with van der Waals surface area (Å²) in [5.41, 5.74) is 9.53. The van der Waals surface area contributed by atoms with Gasteiger partial charge in [-0.3, -0.25) is 0 Å². The fourth-order valence-electron chi connectivity index (χ4n) is 2.24. The molecule has 2 aromatic carbocycles. The SMILES string of the molecule is CCSc1cccc(N(C)Cc2ccccc2N)c1C#N. The zero-order valence-electron chi connectivity index (χ0n) is 12.3. The number of hydrogen-bond acceptors (Lipinski definition) is 4. The van der Waals surface area contributed by atoms with Gasteiger partial charge in [0, 0.05) is 24.2 Å². The van der Waals surface area contributed by atoms with Gasteiger partial charge >= 0.3 is 0 Å². The summed E-state index contributed by atoms with van der Waals surface area (Å²) >= 11 is 1.69. The van der Waals surface area contributed by atoms with Gasteiger partial charge in [0.15, 0.2) is 0 Å². The number of anilines is 2. The maximum absolute atomic E-state index is 9.48. The van der Waals surface area contributed by atoms with E-state index >= 15 is 0 Å². The van der Waals surface area contributed by atoms with Gasteiger partial charge in [0.1, 0.15) is 6.07 Å². The third-order valence-corrected chi connectivity index (χ3v) is 4.23. The van der Waals surface area contributed by atoms with Crippen molar-refractivity contribution in [1.29, 1.82) is 5.26 Å². The van der Waals surface area contributed by atoms with E-state index in [-0.39, 0.29) is 0 Å². The van der Waals surface area contributed by atoms with Crippen molar-refractivity contribution < 1.29 is 0 Å². The molecule has 21 heavy (non-hydrogen) atoms. The largest absolute Gasteiger partial charge is 0.398 e. The van der Waals surface area contributed by atoms with Crippen molar-refractivity contribution in [2.75, 3.05) is 23.4 Å².